The molecule has 24 heavy (non-hydrogen) atoms. The van der Waals surface area contributed by atoms with Crippen LogP contribution >= 0.6 is 11.6 Å². The van der Waals surface area contributed by atoms with E-state index in [1.165, 1.54) is 0 Å². The van der Waals surface area contributed by atoms with Crippen molar-refractivity contribution in [3.05, 3.63) is 58.7 Å². The second-order valence-electron chi connectivity index (χ2n) is 5.52. The lowest BCUT2D eigenvalue weighted by atomic mass is 10.2. The molecule has 0 aliphatic heterocycles. The first-order valence-corrected chi connectivity index (χ1v) is 8.36. The number of aromatic nitrogens is 1. The van der Waals surface area contributed by atoms with Crippen LogP contribution in [0.5, 0.6) is 0 Å². The maximum absolute atomic E-state index is 6.20. The third-order valence-corrected chi connectivity index (χ3v) is 3.82. The second kappa shape index (κ2) is 9.13. The quantitative estimate of drug-likeness (QED) is 0.624. The Kier molecular flexibility index (Phi) is 6.88. The molecule has 0 spiro atoms. The Balaban J connectivity index is 2.07. The highest BCUT2D eigenvalue weighted by Crippen LogP contribution is 2.16. The van der Waals surface area contributed by atoms with Crippen molar-refractivity contribution >= 4 is 23.4 Å². The van der Waals surface area contributed by atoms with Gasteiger partial charge >= 0.3 is 0 Å². The summed E-state index contributed by atoms with van der Waals surface area (Å²) < 4.78 is 0. The van der Waals surface area contributed by atoms with Crippen molar-refractivity contribution in [3.63, 3.8) is 0 Å². The molecule has 0 saturated heterocycles. The van der Waals surface area contributed by atoms with E-state index in [1.807, 2.05) is 62.3 Å². The van der Waals surface area contributed by atoms with Gasteiger partial charge in [0.05, 0.1) is 6.54 Å². The fraction of sp³-hybridized carbons (Fsp3) is 0.333. The molecule has 0 radical (unpaired) electrons. The van der Waals surface area contributed by atoms with E-state index in [-0.39, 0.29) is 0 Å². The van der Waals surface area contributed by atoms with E-state index in [1.54, 1.807) is 6.20 Å². The fourth-order valence-corrected chi connectivity index (χ4v) is 2.49. The fourth-order valence-electron chi connectivity index (χ4n) is 2.28. The molecule has 0 amide bonds. The summed E-state index contributed by atoms with van der Waals surface area (Å²) in [4.78, 5) is 11.1. The Bertz CT molecular complexity index is 685. The highest BCUT2D eigenvalue weighted by molar-refractivity contribution is 6.31. The van der Waals surface area contributed by atoms with Crippen LogP contribution in [0.4, 0.5) is 5.82 Å². The average molecular weight is 346 g/mol. The lowest BCUT2D eigenvalue weighted by molar-refractivity contribution is 0.815. The standard InChI is InChI=1S/C18H24ClN5/c1-4-20-18(22-12-14-8-5-6-10-16(14)19)23-13-15-9-7-11-21-17(15)24(2)3/h5-11H,4,12-13H2,1-3H3,(H2,20,22,23). The minimum Gasteiger partial charge on any atom is -0.362 e. The SMILES string of the molecule is CCNC(=NCc1cccnc1N(C)C)NCc1ccccc1Cl. The van der Waals surface area contributed by atoms with Crippen LogP contribution < -0.4 is 15.5 Å². The molecular formula is C18H24ClN5. The van der Waals surface area contributed by atoms with Gasteiger partial charge in [-0.15, -0.1) is 0 Å². The van der Waals surface area contributed by atoms with Gasteiger partial charge in [0.2, 0.25) is 0 Å². The molecule has 0 unspecified atom stereocenters. The van der Waals surface area contributed by atoms with Crippen LogP contribution in [0.3, 0.4) is 0 Å². The van der Waals surface area contributed by atoms with E-state index in [0.29, 0.717) is 13.1 Å². The van der Waals surface area contributed by atoms with E-state index >= 15 is 0 Å². The lowest BCUT2D eigenvalue weighted by Crippen LogP contribution is -2.36. The molecule has 5 nitrogen and oxygen atoms in total. The van der Waals surface area contributed by atoms with Crippen molar-refractivity contribution in [1.29, 1.82) is 0 Å². The molecule has 0 aliphatic carbocycles. The maximum Gasteiger partial charge on any atom is 0.191 e. The van der Waals surface area contributed by atoms with Crippen LogP contribution in [-0.2, 0) is 13.1 Å². The first-order valence-electron chi connectivity index (χ1n) is 7.98. The topological polar surface area (TPSA) is 52.6 Å². The normalized spacial score (nSPS) is 11.2. The number of hydrogen-bond acceptors (Lipinski definition) is 3. The Morgan fingerprint density at radius 2 is 1.88 bits per heavy atom. The minimum absolute atomic E-state index is 0.555. The largest absolute Gasteiger partial charge is 0.362 e. The van der Waals surface area contributed by atoms with Gasteiger partial charge < -0.3 is 15.5 Å². The Morgan fingerprint density at radius 1 is 1.12 bits per heavy atom. The summed E-state index contributed by atoms with van der Waals surface area (Å²) >= 11 is 6.20. The van der Waals surface area contributed by atoms with Crippen molar-refractivity contribution in [1.82, 2.24) is 15.6 Å². The predicted molar refractivity (Wildman–Crippen MR) is 102 cm³/mol. The number of anilines is 1. The molecule has 128 valence electrons. The van der Waals surface area contributed by atoms with Crippen LogP contribution in [0.2, 0.25) is 5.02 Å². The highest BCUT2D eigenvalue weighted by atomic mass is 35.5. The van der Waals surface area contributed by atoms with Crippen LogP contribution in [0.15, 0.2) is 47.6 Å². The highest BCUT2D eigenvalue weighted by Gasteiger charge is 2.06. The molecule has 0 bridgehead atoms. The third kappa shape index (κ3) is 5.13. The van der Waals surface area contributed by atoms with E-state index in [4.69, 9.17) is 11.6 Å². The van der Waals surface area contributed by atoms with E-state index in [9.17, 15) is 0 Å². The average Bonchev–Trinajstić information content (AvgIpc) is 2.58. The summed E-state index contributed by atoms with van der Waals surface area (Å²) in [6, 6.07) is 11.8. The molecule has 1 heterocycles. The molecule has 1 aromatic carbocycles. The first kappa shape index (κ1) is 18.1. The summed E-state index contributed by atoms with van der Waals surface area (Å²) in [5.74, 6) is 1.69. The van der Waals surface area contributed by atoms with Gasteiger partial charge in [0, 0.05) is 44.0 Å². The van der Waals surface area contributed by atoms with Crippen molar-refractivity contribution in [2.45, 2.75) is 20.0 Å². The number of nitrogens with one attached hydrogen (secondary N) is 2. The van der Waals surface area contributed by atoms with Gasteiger partial charge in [-0.1, -0.05) is 35.9 Å². The molecule has 0 atom stereocenters. The zero-order valence-electron chi connectivity index (χ0n) is 14.4. The number of nitrogens with zero attached hydrogens (tertiary/aromatic N) is 3. The van der Waals surface area contributed by atoms with Gasteiger partial charge in [-0.05, 0) is 24.6 Å². The number of rotatable bonds is 6. The monoisotopic (exact) mass is 345 g/mol. The summed E-state index contributed by atoms with van der Waals surface area (Å²) in [5, 5.41) is 7.32. The lowest BCUT2D eigenvalue weighted by Gasteiger charge is -2.16. The van der Waals surface area contributed by atoms with Gasteiger partial charge in [0.1, 0.15) is 5.82 Å². The summed E-state index contributed by atoms with van der Waals surface area (Å²) in [7, 11) is 3.97. The number of guanidine groups is 1. The zero-order chi connectivity index (χ0) is 17.4. The van der Waals surface area contributed by atoms with Gasteiger partial charge in [0.25, 0.3) is 0 Å². The van der Waals surface area contributed by atoms with Gasteiger partial charge in [-0.3, -0.25) is 0 Å². The summed E-state index contributed by atoms with van der Waals surface area (Å²) in [6.45, 7) is 4.02. The first-order chi connectivity index (χ1) is 11.6. The number of benzene rings is 1. The molecular weight excluding hydrogens is 322 g/mol. The molecule has 2 aromatic rings. The second-order valence-corrected chi connectivity index (χ2v) is 5.93. The van der Waals surface area contributed by atoms with Crippen molar-refractivity contribution in [3.8, 4) is 0 Å². The summed E-state index contributed by atoms with van der Waals surface area (Å²) in [6.07, 6.45) is 1.80. The van der Waals surface area contributed by atoms with Crippen LogP contribution in [0.1, 0.15) is 18.1 Å². The zero-order valence-corrected chi connectivity index (χ0v) is 15.1. The van der Waals surface area contributed by atoms with E-state index in [0.717, 1.165) is 34.5 Å². The molecule has 0 saturated carbocycles. The van der Waals surface area contributed by atoms with E-state index < -0.39 is 0 Å². The summed E-state index contributed by atoms with van der Waals surface area (Å²) in [5.41, 5.74) is 2.12. The number of pyridine rings is 1. The van der Waals surface area contributed by atoms with E-state index in [2.05, 4.69) is 20.6 Å². The Labute approximate surface area is 148 Å². The molecule has 2 rings (SSSR count). The molecule has 6 heteroatoms. The number of hydrogen-bond donors (Lipinski definition) is 2. The van der Waals surface area contributed by atoms with Gasteiger partial charge in [-0.25, -0.2) is 9.98 Å². The molecule has 0 fully saturated rings. The van der Waals surface area contributed by atoms with Crippen molar-refractivity contribution < 1.29 is 0 Å². The van der Waals surface area contributed by atoms with Crippen LogP contribution in [0.25, 0.3) is 0 Å². The Morgan fingerprint density at radius 3 is 2.58 bits per heavy atom. The van der Waals surface area contributed by atoms with Gasteiger partial charge in [-0.2, -0.15) is 0 Å². The van der Waals surface area contributed by atoms with Crippen molar-refractivity contribution in [2.24, 2.45) is 4.99 Å². The minimum atomic E-state index is 0.555. The molecule has 0 aliphatic rings. The smallest absolute Gasteiger partial charge is 0.191 e. The number of aliphatic imine (C=N–C) groups is 1. The molecule has 1 aromatic heterocycles. The van der Waals surface area contributed by atoms with Crippen LogP contribution in [-0.4, -0.2) is 31.6 Å². The van der Waals surface area contributed by atoms with Crippen molar-refractivity contribution in [2.75, 3.05) is 25.5 Å². The third-order valence-electron chi connectivity index (χ3n) is 3.45. The predicted octanol–water partition coefficient (Wildman–Crippen LogP) is 3.06. The van der Waals surface area contributed by atoms with Gasteiger partial charge in [0.15, 0.2) is 5.96 Å². The number of halogens is 1. The van der Waals surface area contributed by atoms with Crippen LogP contribution in [0, 0.1) is 0 Å². The Hall–Kier alpha value is -2.27. The molecule has 2 N–H and O–H groups in total. The maximum atomic E-state index is 6.20.